The Balaban J connectivity index is 2.47. The summed E-state index contributed by atoms with van der Waals surface area (Å²) in [5.41, 5.74) is 0. The van der Waals surface area contributed by atoms with Gasteiger partial charge in [0.05, 0.1) is 13.1 Å². The molecule has 1 saturated heterocycles. The number of hydrogen-bond acceptors (Lipinski definition) is 2. The number of nitrogens with zero attached hydrogens (tertiary/aromatic N) is 1. The van der Waals surface area contributed by atoms with E-state index in [2.05, 4.69) is 5.32 Å². The number of nitrogens with one attached hydrogen (secondary N) is 1. The van der Waals surface area contributed by atoms with E-state index in [0.29, 0.717) is 13.0 Å². The summed E-state index contributed by atoms with van der Waals surface area (Å²) in [6, 6.07) is 0. The summed E-state index contributed by atoms with van der Waals surface area (Å²) in [6.45, 7) is 0.371. The number of carbonyl (C=O) groups is 1. The van der Waals surface area contributed by atoms with Crippen LogP contribution in [0.4, 0.5) is 8.78 Å². The van der Waals surface area contributed by atoms with Crippen molar-refractivity contribution in [2.75, 3.05) is 26.7 Å². The zero-order valence-corrected chi connectivity index (χ0v) is 8.35. The summed E-state index contributed by atoms with van der Waals surface area (Å²) in [7, 11) is 1.51. The minimum absolute atomic E-state index is 0.0583. The van der Waals surface area contributed by atoms with Gasteiger partial charge in [-0.2, -0.15) is 0 Å². The van der Waals surface area contributed by atoms with Crippen molar-refractivity contribution in [1.82, 2.24) is 10.2 Å². The van der Waals surface area contributed by atoms with Crippen LogP contribution in [0.1, 0.15) is 19.3 Å². The number of likely N-dealkylation sites (N-methyl/N-ethyl adjacent to an activating group) is 1. The first kappa shape index (κ1) is 11.4. The Kier molecular flexibility index (Phi) is 3.80. The third-order valence-electron chi connectivity index (χ3n) is 2.37. The maximum Gasteiger partial charge on any atom is 0.260 e. The molecule has 0 aromatic carbocycles. The molecule has 1 aliphatic heterocycles. The first-order valence-electron chi connectivity index (χ1n) is 4.84. The molecule has 0 bridgehead atoms. The Morgan fingerprint density at radius 1 is 1.50 bits per heavy atom. The second kappa shape index (κ2) is 4.68. The molecule has 1 N–H and O–H groups in total. The molecular formula is C9H16F2N2O. The summed E-state index contributed by atoms with van der Waals surface area (Å²) in [5, 5.41) is 2.43. The van der Waals surface area contributed by atoms with Crippen LogP contribution in [-0.4, -0.2) is 43.4 Å². The van der Waals surface area contributed by atoms with Crippen LogP contribution in [0.2, 0.25) is 0 Å². The third-order valence-corrected chi connectivity index (χ3v) is 2.37. The SMILES string of the molecule is CNC(=O)CN1CCCCC(F)(F)C1. The number of alkyl halides is 2. The molecule has 1 amide bonds. The molecule has 0 atom stereocenters. The largest absolute Gasteiger partial charge is 0.358 e. The van der Waals surface area contributed by atoms with Crippen LogP contribution in [0.5, 0.6) is 0 Å². The van der Waals surface area contributed by atoms with E-state index in [-0.39, 0.29) is 25.4 Å². The van der Waals surface area contributed by atoms with Gasteiger partial charge in [-0.25, -0.2) is 8.78 Å². The normalized spacial score (nSPS) is 22.8. The molecule has 0 saturated carbocycles. The minimum Gasteiger partial charge on any atom is -0.358 e. The number of amides is 1. The maximum absolute atomic E-state index is 13.1. The lowest BCUT2D eigenvalue weighted by Crippen LogP contribution is -2.41. The van der Waals surface area contributed by atoms with E-state index in [4.69, 9.17) is 0 Å². The topological polar surface area (TPSA) is 32.3 Å². The molecule has 1 rings (SSSR count). The van der Waals surface area contributed by atoms with Gasteiger partial charge in [0.1, 0.15) is 0 Å². The van der Waals surface area contributed by atoms with Gasteiger partial charge in [0.25, 0.3) is 5.92 Å². The fourth-order valence-electron chi connectivity index (χ4n) is 1.62. The van der Waals surface area contributed by atoms with E-state index in [1.807, 2.05) is 0 Å². The lowest BCUT2D eigenvalue weighted by atomic mass is 10.2. The van der Waals surface area contributed by atoms with Crippen molar-refractivity contribution in [1.29, 1.82) is 0 Å². The molecule has 0 radical (unpaired) electrons. The maximum atomic E-state index is 13.1. The van der Waals surface area contributed by atoms with E-state index in [1.165, 1.54) is 11.9 Å². The molecule has 0 aromatic rings. The minimum atomic E-state index is -2.63. The molecule has 3 nitrogen and oxygen atoms in total. The van der Waals surface area contributed by atoms with Gasteiger partial charge >= 0.3 is 0 Å². The number of halogens is 2. The van der Waals surface area contributed by atoms with Crippen LogP contribution in [-0.2, 0) is 4.79 Å². The molecule has 14 heavy (non-hydrogen) atoms. The van der Waals surface area contributed by atoms with Gasteiger partial charge in [0.15, 0.2) is 0 Å². The van der Waals surface area contributed by atoms with Gasteiger partial charge in [0, 0.05) is 13.5 Å². The van der Waals surface area contributed by atoms with Gasteiger partial charge in [-0.1, -0.05) is 0 Å². The third kappa shape index (κ3) is 3.57. The molecule has 82 valence electrons. The summed E-state index contributed by atoms with van der Waals surface area (Å²) in [6.07, 6.45) is 1.22. The Morgan fingerprint density at radius 2 is 2.21 bits per heavy atom. The van der Waals surface area contributed by atoms with Crippen LogP contribution in [0.15, 0.2) is 0 Å². The number of hydrogen-bond donors (Lipinski definition) is 1. The van der Waals surface area contributed by atoms with Crippen LogP contribution < -0.4 is 5.32 Å². The number of carbonyl (C=O) groups excluding carboxylic acids is 1. The Bertz CT molecular complexity index is 209. The average Bonchev–Trinajstić information content (AvgIpc) is 2.26. The van der Waals surface area contributed by atoms with E-state index < -0.39 is 5.92 Å². The zero-order valence-electron chi connectivity index (χ0n) is 8.35. The smallest absolute Gasteiger partial charge is 0.260 e. The number of rotatable bonds is 2. The molecule has 1 fully saturated rings. The monoisotopic (exact) mass is 206 g/mol. The number of likely N-dealkylation sites (tertiary alicyclic amines) is 1. The molecule has 0 aromatic heterocycles. The molecule has 0 aliphatic carbocycles. The Morgan fingerprint density at radius 3 is 2.86 bits per heavy atom. The van der Waals surface area contributed by atoms with Crippen molar-refractivity contribution in [3.8, 4) is 0 Å². The first-order chi connectivity index (χ1) is 6.53. The predicted molar refractivity (Wildman–Crippen MR) is 49.3 cm³/mol. The summed E-state index contributed by atoms with van der Waals surface area (Å²) in [5.74, 6) is -2.84. The second-order valence-corrected chi connectivity index (χ2v) is 3.70. The molecule has 5 heteroatoms. The highest BCUT2D eigenvalue weighted by molar-refractivity contribution is 5.77. The molecule has 1 heterocycles. The van der Waals surface area contributed by atoms with Gasteiger partial charge < -0.3 is 5.32 Å². The van der Waals surface area contributed by atoms with E-state index in [9.17, 15) is 13.6 Å². The highest BCUT2D eigenvalue weighted by atomic mass is 19.3. The highest BCUT2D eigenvalue weighted by Crippen LogP contribution is 2.25. The second-order valence-electron chi connectivity index (χ2n) is 3.70. The van der Waals surface area contributed by atoms with Crippen molar-refractivity contribution >= 4 is 5.91 Å². The summed E-state index contributed by atoms with van der Waals surface area (Å²) >= 11 is 0. The predicted octanol–water partition coefficient (Wildman–Crippen LogP) is 0.854. The molecule has 0 unspecified atom stereocenters. The molecule has 0 spiro atoms. The average molecular weight is 206 g/mol. The van der Waals surface area contributed by atoms with E-state index in [1.54, 1.807) is 0 Å². The van der Waals surface area contributed by atoms with Crippen molar-refractivity contribution in [2.24, 2.45) is 0 Å². The Labute approximate surface area is 82.5 Å². The Hall–Kier alpha value is -0.710. The van der Waals surface area contributed by atoms with Crippen LogP contribution >= 0.6 is 0 Å². The van der Waals surface area contributed by atoms with Crippen molar-refractivity contribution in [3.05, 3.63) is 0 Å². The van der Waals surface area contributed by atoms with Crippen LogP contribution in [0.3, 0.4) is 0 Å². The van der Waals surface area contributed by atoms with Gasteiger partial charge in [-0.15, -0.1) is 0 Å². The highest BCUT2D eigenvalue weighted by Gasteiger charge is 2.33. The van der Waals surface area contributed by atoms with Gasteiger partial charge in [0.2, 0.25) is 5.91 Å². The lowest BCUT2D eigenvalue weighted by Gasteiger charge is -2.22. The molecule has 1 aliphatic rings. The van der Waals surface area contributed by atoms with E-state index in [0.717, 1.165) is 6.42 Å². The standard InChI is InChI=1S/C9H16F2N2O/c1-12-8(14)6-13-5-3-2-4-9(10,11)7-13/h2-7H2,1H3,(H,12,14). The van der Waals surface area contributed by atoms with Crippen molar-refractivity contribution in [3.63, 3.8) is 0 Å². The summed E-state index contributed by atoms with van der Waals surface area (Å²) < 4.78 is 26.2. The fraction of sp³-hybridized carbons (Fsp3) is 0.889. The van der Waals surface area contributed by atoms with Crippen molar-refractivity contribution < 1.29 is 13.6 Å². The van der Waals surface area contributed by atoms with Crippen molar-refractivity contribution in [2.45, 2.75) is 25.2 Å². The van der Waals surface area contributed by atoms with Crippen LogP contribution in [0, 0.1) is 0 Å². The fourth-order valence-corrected chi connectivity index (χ4v) is 1.62. The summed E-state index contributed by atoms with van der Waals surface area (Å²) in [4.78, 5) is 12.5. The first-order valence-corrected chi connectivity index (χ1v) is 4.84. The quantitative estimate of drug-likeness (QED) is 0.726. The van der Waals surface area contributed by atoms with Crippen LogP contribution in [0.25, 0.3) is 0 Å². The van der Waals surface area contributed by atoms with Gasteiger partial charge in [-0.05, 0) is 19.4 Å². The van der Waals surface area contributed by atoms with Gasteiger partial charge in [-0.3, -0.25) is 9.69 Å². The zero-order chi connectivity index (χ0) is 10.6. The van der Waals surface area contributed by atoms with E-state index >= 15 is 0 Å². The molecular weight excluding hydrogens is 190 g/mol. The lowest BCUT2D eigenvalue weighted by molar-refractivity contribution is -0.122.